The molecule has 5 saturated heterocycles. The zero-order valence-electron chi connectivity index (χ0n) is 66.7. The summed E-state index contributed by atoms with van der Waals surface area (Å²) in [6, 6.07) is -6.07. The molecule has 15 amide bonds. The molecule has 2 aromatic carbocycles. The van der Waals surface area contributed by atoms with Crippen molar-refractivity contribution in [1.82, 2.24) is 73.2 Å². The van der Waals surface area contributed by atoms with Gasteiger partial charge in [-0.1, -0.05) is 108 Å². The van der Waals surface area contributed by atoms with E-state index in [-0.39, 0.29) is 138 Å². The number of phenols is 2. The van der Waals surface area contributed by atoms with Crippen molar-refractivity contribution < 1.29 is 105 Å². The highest BCUT2D eigenvalue weighted by molar-refractivity contribution is 8.76. The summed E-state index contributed by atoms with van der Waals surface area (Å²) in [5, 5.41) is 57.9. The molecule has 5 heterocycles. The molecule has 2 aromatic rings. The smallest absolute Gasteiger partial charge is 0.490 e. The Morgan fingerprint density at radius 2 is 1.00 bits per heavy atom. The monoisotopic (exact) mass is 1670 g/mol. The predicted molar refractivity (Wildman–Crippen MR) is 420 cm³/mol. The second kappa shape index (κ2) is 45.0. The summed E-state index contributed by atoms with van der Waals surface area (Å²) in [4.78, 5) is 232. The van der Waals surface area contributed by atoms with Gasteiger partial charge in [-0.2, -0.15) is 13.2 Å². The average molecular weight is 1670 g/mol. The van der Waals surface area contributed by atoms with Crippen molar-refractivity contribution >= 4 is 116 Å². The number of amides is 15. The van der Waals surface area contributed by atoms with Crippen molar-refractivity contribution in [1.29, 1.82) is 0 Å². The van der Waals surface area contributed by atoms with Crippen LogP contribution in [0.4, 0.5) is 13.2 Å². The summed E-state index contributed by atoms with van der Waals surface area (Å²) < 4.78 is 31.7. The van der Waals surface area contributed by atoms with Crippen LogP contribution >= 0.6 is 21.6 Å². The lowest BCUT2D eigenvalue weighted by Gasteiger charge is -2.33. The number of carboxylic acids is 1. The summed E-state index contributed by atoms with van der Waals surface area (Å²) in [6.45, 7) is 15.6. The molecule has 14 atom stereocenters. The molecule has 39 heteroatoms. The van der Waals surface area contributed by atoms with Crippen LogP contribution in [0.25, 0.3) is 0 Å². The SMILES string of the molecule is CC[C@H](C)[C@H](NC(=O)[C@H](CC(C)C)NC(=O)[C@@H]1CC(=O)NCCCC[C@@H]2NC(=O)[C@@H]3CCCN3C(=O)[C@H](CC(C)C)NC(=O)C(Cc3ccc(O)cc3)NC(=O)[C@@H]3CCCN3C(=O)[C@@H]3CCCN3C(=O)C(NC(C)=O)CSSC[C@H](NC(=O)[C@H](CC(C)C)NC(=O)[C@H](Cc3ccc(O)cc3)NC2=O)C(=O)N1)C(N)=O.O=C(O)C(F)(F)F. The number of rotatable bonds is 18. The van der Waals surface area contributed by atoms with Gasteiger partial charge in [-0.15, -0.1) is 0 Å². The summed E-state index contributed by atoms with van der Waals surface area (Å²) in [6.07, 6.45) is -4.17. The van der Waals surface area contributed by atoms with Gasteiger partial charge in [-0.25, -0.2) is 4.79 Å². The van der Waals surface area contributed by atoms with Crippen LogP contribution in [0.2, 0.25) is 0 Å². The van der Waals surface area contributed by atoms with E-state index < -0.39 is 192 Å². The maximum Gasteiger partial charge on any atom is 0.490 e. The highest BCUT2D eigenvalue weighted by Gasteiger charge is 2.47. The van der Waals surface area contributed by atoms with E-state index in [9.17, 15) is 66.5 Å². The first kappa shape index (κ1) is 94.9. The number of hydrogen-bond acceptors (Lipinski definition) is 20. The van der Waals surface area contributed by atoms with Crippen LogP contribution in [0.1, 0.15) is 163 Å². The van der Waals surface area contributed by atoms with Gasteiger partial charge in [0.15, 0.2) is 0 Å². The van der Waals surface area contributed by atoms with E-state index in [4.69, 9.17) is 15.6 Å². The van der Waals surface area contributed by atoms with Gasteiger partial charge in [0.05, 0.1) is 6.42 Å². The average Bonchev–Trinajstić information content (AvgIpc) is 1.64. The molecule has 5 fully saturated rings. The van der Waals surface area contributed by atoms with Gasteiger partial charge in [0.2, 0.25) is 88.6 Å². The molecule has 0 aromatic heterocycles. The molecule has 0 spiro atoms. The van der Waals surface area contributed by atoms with Gasteiger partial charge in [-0.05, 0) is 136 Å². The Morgan fingerprint density at radius 1 is 0.543 bits per heavy atom. The Morgan fingerprint density at radius 3 is 1.51 bits per heavy atom. The molecular weight excluding hydrogens is 1560 g/mol. The number of hydrogen-bond donors (Lipinski definition) is 15. The number of fused-ring (bicyclic) bond motifs is 12. The molecular formula is C77H112F3N15O19S2. The fourth-order valence-corrected chi connectivity index (χ4v) is 16.5. The minimum Gasteiger partial charge on any atom is -0.508 e. The summed E-state index contributed by atoms with van der Waals surface area (Å²) in [5.41, 5.74) is 6.69. The summed E-state index contributed by atoms with van der Waals surface area (Å²) in [7, 11) is 1.94. The lowest BCUT2D eigenvalue weighted by Crippen LogP contribution is -2.61. The Labute approximate surface area is 679 Å². The molecule has 642 valence electrons. The van der Waals surface area contributed by atoms with E-state index >= 15 is 28.8 Å². The number of aromatic hydroxyl groups is 2. The Kier molecular flexibility index (Phi) is 36.8. The van der Waals surface area contributed by atoms with Crippen LogP contribution in [-0.4, -0.2) is 247 Å². The highest BCUT2D eigenvalue weighted by atomic mass is 33.1. The van der Waals surface area contributed by atoms with Crippen molar-refractivity contribution in [3.8, 4) is 11.5 Å². The molecule has 7 rings (SSSR count). The van der Waals surface area contributed by atoms with E-state index in [1.165, 1.54) is 58.0 Å². The maximum atomic E-state index is 15.2. The van der Waals surface area contributed by atoms with Crippen molar-refractivity contribution in [3.05, 3.63) is 59.7 Å². The van der Waals surface area contributed by atoms with E-state index in [0.29, 0.717) is 36.8 Å². The molecule has 16 N–H and O–H groups in total. The van der Waals surface area contributed by atoms with Gasteiger partial charge >= 0.3 is 12.1 Å². The lowest BCUT2D eigenvalue weighted by molar-refractivity contribution is -0.192. The van der Waals surface area contributed by atoms with E-state index in [1.807, 2.05) is 13.8 Å². The third kappa shape index (κ3) is 29.0. The molecule has 5 aliphatic rings. The quantitative estimate of drug-likeness (QED) is 0.0734. The molecule has 2 bridgehead atoms. The fraction of sp³-hybridized carbons (Fsp3) is 0.636. The molecule has 2 unspecified atom stereocenters. The number of alkyl halides is 3. The highest BCUT2D eigenvalue weighted by Crippen LogP contribution is 2.30. The second-order valence-electron chi connectivity index (χ2n) is 31.1. The number of phenolic OH excluding ortho intramolecular Hbond substituents is 2. The standard InChI is InChI=1S/C75H111N15O17S2.C2HF3O2/c1-10-43(8)62(63(76)95)87-69(101)51(33-41(4)5)81-68(100)54-37-61(94)77-28-12-11-16-49-64(96)82-52(35-45-20-24-47(92)25-21-45)66(98)80-50(32-40(2)3)65(97)86-56(70(102)83-54)38-108-109-39-57(78-44(9)91)74(106)90-31-15-19-60(90)75(107)89-30-14-18-59(89)72(104)84-53(36-46-22-26-48(93)27-23-46)67(99)85-55(34-42(6)7)73(105)88-29-13-17-58(88)71(103)79-49;3-2(4,5)1(6)7/h20-27,40-43,49-60,62,92-93H,10-19,28-39H2,1-9H3,(H2,76,95)(H,77,94)(H,78,91)(H,79,103)(H,80,98)(H,81,100)(H,82,96)(H,83,102)(H,84,104)(H,85,99)(H,86,97)(H,87,101);(H,6,7)/t43-,49-,50-,51-,52-,53?,54-,55-,56-,57?,58-,59-,60-,62-;/m0./s1. The third-order valence-corrected chi connectivity index (χ3v) is 22.8. The van der Waals surface area contributed by atoms with Crippen LogP contribution in [0.15, 0.2) is 48.5 Å². The van der Waals surface area contributed by atoms with Crippen molar-refractivity contribution in [2.45, 2.75) is 250 Å². The van der Waals surface area contributed by atoms with E-state index in [0.717, 1.165) is 21.6 Å². The largest absolute Gasteiger partial charge is 0.508 e. The summed E-state index contributed by atoms with van der Waals surface area (Å²) >= 11 is 0. The molecule has 116 heavy (non-hydrogen) atoms. The first-order chi connectivity index (χ1) is 54.6. The van der Waals surface area contributed by atoms with Gasteiger partial charge in [-0.3, -0.25) is 71.9 Å². The number of nitrogens with two attached hydrogens (primary N) is 1. The van der Waals surface area contributed by atoms with Crippen molar-refractivity contribution in [2.24, 2.45) is 29.4 Å². The maximum absolute atomic E-state index is 15.2. The minimum absolute atomic E-state index is 0.00984. The summed E-state index contributed by atoms with van der Waals surface area (Å²) in [5.74, 6) is -16.6. The Balaban J connectivity index is 0.00000285. The molecule has 5 aliphatic heterocycles. The third-order valence-electron chi connectivity index (χ3n) is 20.3. The Hall–Kier alpha value is -9.95. The van der Waals surface area contributed by atoms with Crippen LogP contribution in [-0.2, 0) is 89.6 Å². The first-order valence-electron chi connectivity index (χ1n) is 39.2. The molecule has 0 saturated carbocycles. The topological polar surface area (TPSA) is 502 Å². The molecule has 0 aliphatic carbocycles. The zero-order chi connectivity index (χ0) is 86.0. The number of carboxylic acid groups (broad SMARTS) is 1. The number of benzene rings is 2. The van der Waals surface area contributed by atoms with Gasteiger partial charge < -0.3 is 94.2 Å². The van der Waals surface area contributed by atoms with Crippen LogP contribution in [0, 0.1) is 23.7 Å². The number of aliphatic carboxylic acids is 1. The number of halogens is 3. The van der Waals surface area contributed by atoms with E-state index in [2.05, 4.69) is 58.5 Å². The zero-order valence-corrected chi connectivity index (χ0v) is 68.4. The minimum atomic E-state index is -5.08. The number of nitrogens with zero attached hydrogens (tertiary/aromatic N) is 3. The predicted octanol–water partition coefficient (Wildman–Crippen LogP) is 1.11. The van der Waals surface area contributed by atoms with Gasteiger partial charge in [0.1, 0.15) is 90.0 Å². The lowest BCUT2D eigenvalue weighted by atomic mass is 9.97. The van der Waals surface area contributed by atoms with Crippen LogP contribution in [0.5, 0.6) is 11.5 Å². The van der Waals surface area contributed by atoms with Gasteiger partial charge in [0, 0.05) is 57.5 Å². The Bertz CT molecular complexity index is 3830. The second-order valence-corrected chi connectivity index (χ2v) is 33.7. The number of nitrogens with one attached hydrogen (secondary N) is 11. The fourth-order valence-electron chi connectivity index (χ4n) is 14.2. The molecule has 0 radical (unpaired) electrons. The van der Waals surface area contributed by atoms with Crippen molar-refractivity contribution in [3.63, 3.8) is 0 Å². The molecule has 34 nitrogen and oxygen atoms in total. The van der Waals surface area contributed by atoms with Crippen molar-refractivity contribution in [2.75, 3.05) is 37.7 Å². The normalized spacial score (nSPS) is 25.4. The van der Waals surface area contributed by atoms with Crippen LogP contribution < -0.4 is 64.2 Å². The number of primary amides is 1. The number of carbonyl (C=O) groups excluding carboxylic acids is 15. The number of carbonyl (C=O) groups is 16. The first-order valence-corrected chi connectivity index (χ1v) is 41.7. The van der Waals surface area contributed by atoms with Gasteiger partial charge in [0.25, 0.3) is 0 Å². The van der Waals surface area contributed by atoms with E-state index in [1.54, 1.807) is 53.7 Å². The van der Waals surface area contributed by atoms with Crippen LogP contribution in [0.3, 0.4) is 0 Å².